The highest BCUT2D eigenvalue weighted by Crippen LogP contribution is 2.58. The molecule has 0 saturated heterocycles. The van der Waals surface area contributed by atoms with Gasteiger partial charge in [0.2, 0.25) is 0 Å². The Hall–Kier alpha value is -4.96. The minimum absolute atomic E-state index is 0.0538. The number of hydrogen-bond acceptors (Lipinski definition) is 3. The molecule has 6 aliphatic rings. The summed E-state index contributed by atoms with van der Waals surface area (Å²) in [6, 6.07) is 28.5. The van der Waals surface area contributed by atoms with E-state index in [0.717, 1.165) is 117 Å². The van der Waals surface area contributed by atoms with Crippen molar-refractivity contribution >= 4 is 71.6 Å². The lowest BCUT2D eigenvalue weighted by Gasteiger charge is -2.38. The van der Waals surface area contributed by atoms with Crippen molar-refractivity contribution in [2.24, 2.45) is 10.8 Å². The fourth-order valence-corrected chi connectivity index (χ4v) is 11.6. The fourth-order valence-electron chi connectivity index (χ4n) is 11.6. The minimum Gasteiger partial charge on any atom is -0.455 e. The molecule has 0 amide bonds. The minimum atomic E-state index is -0.334. The van der Waals surface area contributed by atoms with Gasteiger partial charge in [0.1, 0.15) is 11.2 Å². The Morgan fingerprint density at radius 2 is 1.04 bits per heavy atom. The molecule has 0 atom stereocenters. The Labute approximate surface area is 302 Å². The first-order valence-corrected chi connectivity index (χ1v) is 19.4. The molecule has 3 aromatic heterocycles. The van der Waals surface area contributed by atoms with Gasteiger partial charge in [-0.15, -0.1) is 0 Å². The van der Waals surface area contributed by atoms with Crippen LogP contribution in [0.15, 0.2) is 83.3 Å². The number of hydrogen-bond donors (Lipinski definition) is 0. The normalized spacial score (nSPS) is 28.5. The first-order valence-electron chi connectivity index (χ1n) is 19.4. The van der Waals surface area contributed by atoms with Crippen molar-refractivity contribution in [3.05, 3.63) is 101 Å². The van der Waals surface area contributed by atoms with Crippen molar-refractivity contribution in [3.63, 3.8) is 0 Å². The second-order valence-electron chi connectivity index (χ2n) is 18.2. The molecular formula is C48H41NO3. The Bertz CT molecular complexity index is 2940. The number of nitrogens with zero attached hydrogens (tertiary/aromatic N) is 1. The Kier molecular flexibility index (Phi) is 5.21. The molecule has 14 rings (SSSR count). The van der Waals surface area contributed by atoms with E-state index in [-0.39, 0.29) is 27.4 Å². The van der Waals surface area contributed by atoms with E-state index in [2.05, 4.69) is 111 Å². The second-order valence-corrected chi connectivity index (χ2v) is 18.2. The molecule has 6 aliphatic carbocycles. The SMILES string of the molecule is CC12CCC(C)(CC1)c1cc3c4c(-c5ccccc5)c5c6ccccc6oc5c5c6cc7c(cc6n(c3cc1C2=O)c45)C(=O)C1(C)CCC7(C)CC1. The Morgan fingerprint density at radius 3 is 1.62 bits per heavy atom. The van der Waals surface area contributed by atoms with Gasteiger partial charge in [-0.1, -0.05) is 76.2 Å². The largest absolute Gasteiger partial charge is 0.455 e. The number of carbonyl (C=O) groups excluding carboxylic acids is 2. The average molecular weight is 680 g/mol. The molecule has 0 radical (unpaired) electrons. The average Bonchev–Trinajstić information content (AvgIpc) is 3.76. The smallest absolute Gasteiger partial charge is 0.169 e. The maximum atomic E-state index is 14.6. The topological polar surface area (TPSA) is 51.7 Å². The molecule has 8 aromatic rings. The third-order valence-corrected chi connectivity index (χ3v) is 15.2. The molecule has 3 heterocycles. The first kappa shape index (κ1) is 29.6. The summed E-state index contributed by atoms with van der Waals surface area (Å²) in [7, 11) is 0. The molecule has 0 N–H and O–H groups in total. The van der Waals surface area contributed by atoms with Crippen LogP contribution in [0.25, 0.3) is 71.2 Å². The predicted molar refractivity (Wildman–Crippen MR) is 210 cm³/mol. The van der Waals surface area contributed by atoms with E-state index < -0.39 is 0 Å². The van der Waals surface area contributed by atoms with Gasteiger partial charge in [-0.05, 0) is 109 Å². The molecule has 5 aromatic carbocycles. The van der Waals surface area contributed by atoms with Crippen molar-refractivity contribution in [1.82, 2.24) is 4.40 Å². The van der Waals surface area contributed by atoms with Gasteiger partial charge in [-0.3, -0.25) is 9.59 Å². The highest BCUT2D eigenvalue weighted by molar-refractivity contribution is 6.38. The zero-order chi connectivity index (χ0) is 35.1. The Balaban J connectivity index is 1.36. The number of rotatable bonds is 1. The molecule has 4 nitrogen and oxygen atoms in total. The molecule has 0 spiro atoms. The van der Waals surface area contributed by atoms with Gasteiger partial charge in [0.15, 0.2) is 11.6 Å². The van der Waals surface area contributed by atoms with E-state index in [1.165, 1.54) is 27.5 Å². The van der Waals surface area contributed by atoms with Crippen LogP contribution in [0, 0.1) is 10.8 Å². The highest BCUT2D eigenvalue weighted by atomic mass is 16.3. The van der Waals surface area contributed by atoms with Gasteiger partial charge in [0, 0.05) is 54.5 Å². The number of ketones is 2. The van der Waals surface area contributed by atoms with E-state index in [4.69, 9.17) is 4.42 Å². The molecular weight excluding hydrogens is 639 g/mol. The van der Waals surface area contributed by atoms with Crippen molar-refractivity contribution in [2.45, 2.75) is 89.9 Å². The summed E-state index contributed by atoms with van der Waals surface area (Å²) in [5.41, 5.74) is 10.7. The van der Waals surface area contributed by atoms with E-state index in [1.807, 2.05) is 0 Å². The second kappa shape index (κ2) is 9.15. The van der Waals surface area contributed by atoms with E-state index in [1.54, 1.807) is 0 Å². The van der Waals surface area contributed by atoms with E-state index in [9.17, 15) is 9.59 Å². The summed E-state index contributed by atoms with van der Waals surface area (Å²) in [4.78, 5) is 29.2. The summed E-state index contributed by atoms with van der Waals surface area (Å²) in [5.74, 6) is 0.579. The number of para-hydroxylation sites is 1. The van der Waals surface area contributed by atoms with Crippen LogP contribution >= 0.6 is 0 Å². The summed E-state index contributed by atoms with van der Waals surface area (Å²) in [6.45, 7) is 9.15. The summed E-state index contributed by atoms with van der Waals surface area (Å²) < 4.78 is 9.40. The van der Waals surface area contributed by atoms with E-state index >= 15 is 0 Å². The fraction of sp³-hybridized carbons (Fsp3) is 0.333. The quantitative estimate of drug-likeness (QED) is 0.173. The van der Waals surface area contributed by atoms with Crippen molar-refractivity contribution in [2.75, 3.05) is 0 Å². The maximum Gasteiger partial charge on any atom is 0.169 e. The van der Waals surface area contributed by atoms with Gasteiger partial charge in [0.25, 0.3) is 0 Å². The van der Waals surface area contributed by atoms with Crippen molar-refractivity contribution < 1.29 is 14.0 Å². The molecule has 52 heavy (non-hydrogen) atoms. The van der Waals surface area contributed by atoms with Crippen LogP contribution in [-0.2, 0) is 10.8 Å². The standard InChI is InChI=1S/C48H41NO3/c1-45-14-18-47(3,19-15-45)43(50)28-24-34-30(22-32(28)45)38-37(26-10-6-5-7-11-26)39-27-12-8-9-13-36(27)52-42(39)40-31-23-33-29(25-35(31)49(34)41(38)40)44(51)48(4)20-16-46(33,2)17-21-48/h5-13,22-25H,14-21H2,1-4H3. The van der Waals surface area contributed by atoms with Gasteiger partial charge in [0.05, 0.1) is 21.9 Å². The van der Waals surface area contributed by atoms with Gasteiger partial charge in [-0.25, -0.2) is 0 Å². The number of fused-ring (bicyclic) bond motifs is 14. The first-order chi connectivity index (χ1) is 25.0. The number of Topliss-reactive ketones (excluding diaryl/α,β-unsaturated/α-hetero) is 2. The predicted octanol–water partition coefficient (Wildman–Crippen LogP) is 12.5. The van der Waals surface area contributed by atoms with Gasteiger partial charge in [-0.2, -0.15) is 0 Å². The number of furan rings is 1. The van der Waals surface area contributed by atoms with Crippen LogP contribution in [-0.4, -0.2) is 16.0 Å². The third kappa shape index (κ3) is 3.33. The summed E-state index contributed by atoms with van der Waals surface area (Å²) in [6.07, 6.45) is 7.79. The lowest BCUT2D eigenvalue weighted by atomic mass is 9.65. The molecule has 2 saturated carbocycles. The number of benzene rings is 5. The lowest BCUT2D eigenvalue weighted by molar-refractivity contribution is 0.0726. The molecule has 256 valence electrons. The van der Waals surface area contributed by atoms with Crippen molar-refractivity contribution in [3.8, 4) is 11.1 Å². The molecule has 2 fully saturated rings. The van der Waals surface area contributed by atoms with Gasteiger partial charge >= 0.3 is 0 Å². The molecule has 0 unspecified atom stereocenters. The molecule has 4 heteroatoms. The summed E-state index contributed by atoms with van der Waals surface area (Å²) in [5, 5.41) is 6.86. The third-order valence-electron chi connectivity index (χ3n) is 15.2. The van der Waals surface area contributed by atoms with Crippen LogP contribution in [0.4, 0.5) is 0 Å². The molecule has 0 aliphatic heterocycles. The lowest BCUT2D eigenvalue weighted by Crippen LogP contribution is -2.33. The number of carbonyl (C=O) groups is 2. The monoisotopic (exact) mass is 679 g/mol. The number of aromatic nitrogens is 1. The van der Waals surface area contributed by atoms with Gasteiger partial charge < -0.3 is 8.82 Å². The van der Waals surface area contributed by atoms with Crippen LogP contribution in [0.5, 0.6) is 0 Å². The summed E-state index contributed by atoms with van der Waals surface area (Å²) >= 11 is 0. The maximum absolute atomic E-state index is 14.6. The Morgan fingerprint density at radius 1 is 0.538 bits per heavy atom. The van der Waals surface area contributed by atoms with Crippen LogP contribution in [0.3, 0.4) is 0 Å². The van der Waals surface area contributed by atoms with Crippen LogP contribution in [0.2, 0.25) is 0 Å². The zero-order valence-electron chi connectivity index (χ0n) is 30.3. The van der Waals surface area contributed by atoms with Crippen molar-refractivity contribution in [1.29, 1.82) is 0 Å². The molecule has 4 bridgehead atoms. The highest BCUT2D eigenvalue weighted by Gasteiger charge is 2.50. The van der Waals surface area contributed by atoms with Crippen LogP contribution in [0.1, 0.15) is 111 Å². The van der Waals surface area contributed by atoms with Crippen LogP contribution < -0.4 is 0 Å². The zero-order valence-corrected chi connectivity index (χ0v) is 30.3. The van der Waals surface area contributed by atoms with E-state index in [0.29, 0.717) is 5.78 Å².